The van der Waals surface area contributed by atoms with Crippen LogP contribution in [0.4, 0.5) is 9.93 Å². The van der Waals surface area contributed by atoms with Crippen LogP contribution in [0.5, 0.6) is 17.4 Å². The molecule has 2 aromatic heterocycles. The molecule has 0 unspecified atom stereocenters. The summed E-state index contributed by atoms with van der Waals surface area (Å²) < 4.78 is 10.6. The normalized spacial score (nSPS) is 9.23. The summed E-state index contributed by atoms with van der Waals surface area (Å²) >= 11 is 4.98. The van der Waals surface area contributed by atoms with E-state index >= 15 is 0 Å². The number of nitrogens with zero attached hydrogens (tertiary/aromatic N) is 3. The third-order valence-corrected chi connectivity index (χ3v) is 3.63. The molecule has 0 bridgehead atoms. The van der Waals surface area contributed by atoms with Crippen LogP contribution in [0.3, 0.4) is 0 Å². The summed E-state index contributed by atoms with van der Waals surface area (Å²) in [4.78, 5) is 20.0. The van der Waals surface area contributed by atoms with Crippen LogP contribution in [-0.2, 0) is 12.6 Å². The summed E-state index contributed by atoms with van der Waals surface area (Å²) in [6.07, 6.45) is -0.880. The van der Waals surface area contributed by atoms with Crippen molar-refractivity contribution in [2.24, 2.45) is 5.73 Å². The number of aromatic nitrogens is 2. The number of hydrogen-bond donors (Lipinski definition) is 2. The number of primary amides is 1. The Balaban J connectivity index is 0.000000791. The molecule has 0 radical (unpaired) electrons. The second kappa shape index (κ2) is 10.6. The first-order valence-electron chi connectivity index (χ1n) is 6.73. The van der Waals surface area contributed by atoms with Crippen molar-refractivity contribution < 1.29 is 65.7 Å². The number of amides is 1. The number of nitrogen functional groups attached to an aromatic ring is 1. The van der Waals surface area contributed by atoms with Gasteiger partial charge in [-0.25, -0.2) is 20.0 Å². The third kappa shape index (κ3) is 6.33. The minimum Gasteiger partial charge on any atom is -0.696 e. The van der Waals surface area contributed by atoms with Gasteiger partial charge in [0.05, 0.1) is 0 Å². The van der Waals surface area contributed by atoms with Crippen molar-refractivity contribution >= 4 is 45.5 Å². The van der Waals surface area contributed by atoms with Crippen LogP contribution in [-0.4, -0.2) is 16.1 Å². The maximum atomic E-state index is 10.8. The van der Waals surface area contributed by atoms with Crippen molar-refractivity contribution in [1.82, 2.24) is 9.97 Å². The Morgan fingerprint density at radius 2 is 2.00 bits per heavy atom. The van der Waals surface area contributed by atoms with E-state index in [1.54, 1.807) is 30.3 Å². The van der Waals surface area contributed by atoms with E-state index in [9.17, 15) is 4.79 Å². The molecule has 3 rings (SSSR count). The van der Waals surface area contributed by atoms with Crippen LogP contribution in [0.25, 0.3) is 10.3 Å². The molecule has 1 amide bonds. The minimum absolute atomic E-state index is 0. The van der Waals surface area contributed by atoms with Gasteiger partial charge in [-0.15, -0.1) is 0 Å². The van der Waals surface area contributed by atoms with Crippen molar-refractivity contribution in [3.63, 3.8) is 0 Å². The predicted molar refractivity (Wildman–Crippen MR) is 96.3 cm³/mol. The summed E-state index contributed by atoms with van der Waals surface area (Å²) in [6, 6.07) is 8.45. The van der Waals surface area contributed by atoms with Crippen LogP contribution >= 0.6 is 11.3 Å². The Hall–Kier alpha value is -1.52. The first kappa shape index (κ1) is 22.5. The molecule has 2 heterocycles. The number of nitriles is 1. The molecule has 3 aromatic rings. The van der Waals surface area contributed by atoms with Gasteiger partial charge in [0.1, 0.15) is 21.8 Å². The molecule has 128 valence electrons. The number of rotatable bonds is 3. The molecule has 11 heteroatoms. The molecule has 26 heavy (non-hydrogen) atoms. The molecule has 0 aliphatic carbocycles. The van der Waals surface area contributed by atoms with E-state index in [4.69, 9.17) is 26.2 Å². The molecule has 0 fully saturated rings. The molecule has 0 saturated carbocycles. The molecule has 0 aliphatic rings. The first-order valence-corrected chi connectivity index (χ1v) is 7.95. The fourth-order valence-electron chi connectivity index (χ4n) is 1.86. The Morgan fingerprint density at radius 1 is 1.31 bits per heavy atom. The maximum Gasteiger partial charge on any atom is 1.00 e. The molecular formula is C15H12KN5O3S2. The van der Waals surface area contributed by atoms with Gasteiger partial charge >= 0.3 is 57.5 Å². The van der Waals surface area contributed by atoms with Crippen molar-refractivity contribution in [1.29, 1.82) is 5.26 Å². The summed E-state index contributed by atoms with van der Waals surface area (Å²) in [5.41, 5.74) is 12.2. The van der Waals surface area contributed by atoms with Gasteiger partial charge in [-0.2, -0.15) is 0 Å². The van der Waals surface area contributed by atoms with Crippen LogP contribution < -0.4 is 72.3 Å². The zero-order valence-electron chi connectivity index (χ0n) is 13.9. The standard InChI is InChI=1S/C14H12N4O3S.CHNS.K/c1-7-2-3-8(20-14(16)19)6-10(7)21-11-5-4-9-12(18-11)22-13(15)17-9;2-1-3;/h2-6H,1H3,(H2,15,17)(H2,16,19);3H;/q;;+1/p-1. The van der Waals surface area contributed by atoms with Gasteiger partial charge in [-0.3, -0.25) is 0 Å². The second-order valence-corrected chi connectivity index (χ2v) is 5.76. The maximum absolute atomic E-state index is 10.8. The molecule has 8 nitrogen and oxygen atoms in total. The molecule has 4 N–H and O–H groups in total. The van der Waals surface area contributed by atoms with Crippen LogP contribution in [0.2, 0.25) is 0 Å². The van der Waals surface area contributed by atoms with Crippen molar-refractivity contribution in [2.75, 3.05) is 5.73 Å². The Bertz CT molecular complexity index is 958. The van der Waals surface area contributed by atoms with Crippen molar-refractivity contribution in [3.05, 3.63) is 35.9 Å². The van der Waals surface area contributed by atoms with Gasteiger partial charge in [-0.1, -0.05) is 22.8 Å². The van der Waals surface area contributed by atoms with Gasteiger partial charge in [0, 0.05) is 12.1 Å². The van der Waals surface area contributed by atoms with Gasteiger partial charge in [-0.05, 0) is 24.6 Å². The summed E-state index contributed by atoms with van der Waals surface area (Å²) in [7, 11) is 0. The van der Waals surface area contributed by atoms with Gasteiger partial charge in [0.2, 0.25) is 5.88 Å². The molecule has 0 spiro atoms. The van der Waals surface area contributed by atoms with E-state index < -0.39 is 6.09 Å². The van der Waals surface area contributed by atoms with Gasteiger partial charge in [0.25, 0.3) is 0 Å². The predicted octanol–water partition coefficient (Wildman–Crippen LogP) is -0.150. The number of thiazole rings is 1. The van der Waals surface area contributed by atoms with E-state index in [1.807, 2.05) is 6.92 Å². The molecule has 1 aromatic carbocycles. The number of carbonyl (C=O) groups is 1. The average Bonchev–Trinajstić information content (AvgIpc) is 2.90. The van der Waals surface area contributed by atoms with Gasteiger partial charge in [0.15, 0.2) is 5.13 Å². The van der Waals surface area contributed by atoms with E-state index in [0.29, 0.717) is 27.3 Å². The molecule has 0 saturated heterocycles. The van der Waals surface area contributed by atoms with Crippen LogP contribution in [0.1, 0.15) is 5.56 Å². The Kier molecular flexibility index (Phi) is 9.17. The van der Waals surface area contributed by atoms with Crippen molar-refractivity contribution in [3.8, 4) is 22.8 Å². The quantitative estimate of drug-likeness (QED) is 0.344. The second-order valence-electron chi connectivity index (χ2n) is 4.57. The fraction of sp³-hybridized carbons (Fsp3) is 0.0667. The summed E-state index contributed by atoms with van der Waals surface area (Å²) in [5.74, 6) is 1.22. The number of nitrogens with two attached hydrogens (primary N) is 2. The monoisotopic (exact) mass is 413 g/mol. The number of anilines is 1. The topological polar surface area (TPSA) is 137 Å². The number of pyridine rings is 1. The smallest absolute Gasteiger partial charge is 0.696 e. The largest absolute Gasteiger partial charge is 1.00 e. The number of ether oxygens (including phenoxy) is 2. The van der Waals surface area contributed by atoms with Crippen molar-refractivity contribution in [2.45, 2.75) is 6.92 Å². The SMILES string of the molecule is Cc1ccc(OC(N)=O)cc1Oc1ccc2nc(N)sc2n1.N#C[S-].[K+]. The number of fused-ring (bicyclic) bond motifs is 1. The summed E-state index contributed by atoms with van der Waals surface area (Å²) in [5, 5.41) is 8.92. The molecular weight excluding hydrogens is 401 g/mol. The Labute approximate surface area is 201 Å². The third-order valence-electron chi connectivity index (χ3n) is 2.84. The zero-order valence-corrected chi connectivity index (χ0v) is 18.7. The zero-order chi connectivity index (χ0) is 18.4. The first-order chi connectivity index (χ1) is 11.9. The van der Waals surface area contributed by atoms with E-state index in [1.165, 1.54) is 16.7 Å². The van der Waals surface area contributed by atoms with E-state index in [2.05, 4.69) is 22.6 Å². The molecule has 0 atom stereocenters. The van der Waals surface area contributed by atoms with Crippen LogP contribution in [0, 0.1) is 17.6 Å². The number of hydrogen-bond acceptors (Lipinski definition) is 9. The van der Waals surface area contributed by atoms with E-state index in [0.717, 1.165) is 11.1 Å². The number of carbonyl (C=O) groups excluding carboxylic acids is 1. The Morgan fingerprint density at radius 3 is 2.65 bits per heavy atom. The molecule has 0 aliphatic heterocycles. The van der Waals surface area contributed by atoms with Gasteiger partial charge < -0.3 is 33.6 Å². The summed E-state index contributed by atoms with van der Waals surface area (Å²) in [6.45, 7) is 1.87. The number of benzene rings is 1. The van der Waals surface area contributed by atoms with E-state index in [-0.39, 0.29) is 51.4 Å². The minimum atomic E-state index is -0.880. The van der Waals surface area contributed by atoms with Crippen LogP contribution in [0.15, 0.2) is 30.3 Å². The fourth-order valence-corrected chi connectivity index (χ4v) is 2.55. The number of aryl methyl sites for hydroxylation is 1. The average molecular weight is 414 g/mol. The number of thiocyanates is 1.